The lowest BCUT2D eigenvalue weighted by Crippen LogP contribution is -2.42. The van der Waals surface area contributed by atoms with E-state index in [-0.39, 0.29) is 17.9 Å². The number of carbonyl (C=O) groups excluding carboxylic acids is 1. The quantitative estimate of drug-likeness (QED) is 0.676. The number of fused-ring (bicyclic) bond motifs is 1. The number of thiophene rings is 1. The Hall–Kier alpha value is -2.51. The van der Waals surface area contributed by atoms with Crippen molar-refractivity contribution in [3.05, 3.63) is 53.7 Å². The number of rotatable bonds is 3. The standard InChI is InChI=1S/C21H22N4O2S/c26-21(25-18(8-12-27-25)15-4-2-1-3-5-15)16-6-10-24(11-7-16)20-19-17(9-13-28-19)22-14-23-20/h1-5,9,13-14,16,18H,6-8,10-12H2/t18-/m0/s1. The van der Waals surface area contributed by atoms with Gasteiger partial charge in [-0.3, -0.25) is 9.63 Å². The van der Waals surface area contributed by atoms with Gasteiger partial charge in [0.05, 0.1) is 22.9 Å². The molecule has 4 heterocycles. The second-order valence-corrected chi connectivity index (χ2v) is 8.22. The third-order valence-electron chi connectivity index (χ3n) is 5.67. The minimum Gasteiger partial charge on any atom is -0.355 e. The van der Waals surface area contributed by atoms with Crippen LogP contribution in [0.4, 0.5) is 5.82 Å². The number of piperidine rings is 1. The fourth-order valence-corrected chi connectivity index (χ4v) is 5.05. The first-order valence-corrected chi connectivity index (χ1v) is 10.6. The molecule has 1 amide bonds. The van der Waals surface area contributed by atoms with Crippen molar-refractivity contribution in [2.75, 3.05) is 24.6 Å². The highest BCUT2D eigenvalue weighted by atomic mass is 32.1. The van der Waals surface area contributed by atoms with Crippen LogP contribution in [0.2, 0.25) is 0 Å². The van der Waals surface area contributed by atoms with E-state index in [0.29, 0.717) is 6.61 Å². The van der Waals surface area contributed by atoms with Crippen molar-refractivity contribution < 1.29 is 9.63 Å². The van der Waals surface area contributed by atoms with E-state index in [1.54, 1.807) is 22.7 Å². The van der Waals surface area contributed by atoms with E-state index < -0.39 is 0 Å². The maximum Gasteiger partial charge on any atom is 0.249 e. The zero-order chi connectivity index (χ0) is 18.9. The molecule has 6 nitrogen and oxygen atoms in total. The number of aromatic nitrogens is 2. The summed E-state index contributed by atoms with van der Waals surface area (Å²) in [6, 6.07) is 12.2. The van der Waals surface area contributed by atoms with Gasteiger partial charge in [0.2, 0.25) is 5.91 Å². The summed E-state index contributed by atoms with van der Waals surface area (Å²) < 4.78 is 1.12. The summed E-state index contributed by atoms with van der Waals surface area (Å²) in [6.45, 7) is 2.25. The van der Waals surface area contributed by atoms with Gasteiger partial charge in [-0.25, -0.2) is 15.0 Å². The Morgan fingerprint density at radius 2 is 1.89 bits per heavy atom. The van der Waals surface area contributed by atoms with Gasteiger partial charge in [0.25, 0.3) is 0 Å². The van der Waals surface area contributed by atoms with Gasteiger partial charge in [0.1, 0.15) is 12.1 Å². The van der Waals surface area contributed by atoms with Crippen molar-refractivity contribution >= 4 is 33.3 Å². The fourth-order valence-electron chi connectivity index (χ4n) is 4.18. The minimum absolute atomic E-state index is 0.00114. The molecule has 2 aliphatic rings. The van der Waals surface area contributed by atoms with Crippen LogP contribution < -0.4 is 4.90 Å². The zero-order valence-corrected chi connectivity index (χ0v) is 16.3. The van der Waals surface area contributed by atoms with Crippen LogP contribution in [0.3, 0.4) is 0 Å². The summed E-state index contributed by atoms with van der Waals surface area (Å²) in [7, 11) is 0. The zero-order valence-electron chi connectivity index (χ0n) is 15.5. The molecule has 144 valence electrons. The van der Waals surface area contributed by atoms with Crippen LogP contribution in [0.15, 0.2) is 48.1 Å². The molecule has 2 fully saturated rings. The van der Waals surface area contributed by atoms with Crippen LogP contribution in [0.5, 0.6) is 0 Å². The summed E-state index contributed by atoms with van der Waals surface area (Å²) in [6.07, 6.45) is 4.12. The lowest BCUT2D eigenvalue weighted by atomic mass is 9.94. The van der Waals surface area contributed by atoms with Crippen LogP contribution in [0.25, 0.3) is 10.2 Å². The topological polar surface area (TPSA) is 58.6 Å². The predicted molar refractivity (Wildman–Crippen MR) is 109 cm³/mol. The maximum absolute atomic E-state index is 13.2. The molecule has 2 saturated heterocycles. The summed E-state index contributed by atoms with van der Waals surface area (Å²) in [5, 5.41) is 3.69. The molecule has 28 heavy (non-hydrogen) atoms. The molecular weight excluding hydrogens is 372 g/mol. The number of anilines is 1. The molecule has 0 N–H and O–H groups in total. The van der Waals surface area contributed by atoms with Crippen LogP contribution in [-0.2, 0) is 9.63 Å². The third kappa shape index (κ3) is 3.14. The van der Waals surface area contributed by atoms with Gasteiger partial charge >= 0.3 is 0 Å². The van der Waals surface area contributed by atoms with Gasteiger partial charge in [-0.1, -0.05) is 30.3 Å². The lowest BCUT2D eigenvalue weighted by molar-refractivity contribution is -0.182. The summed E-state index contributed by atoms with van der Waals surface area (Å²) in [5.74, 6) is 1.11. The molecule has 0 bridgehead atoms. The molecule has 0 radical (unpaired) electrons. The van der Waals surface area contributed by atoms with E-state index in [2.05, 4.69) is 27.0 Å². The molecule has 2 aliphatic heterocycles. The van der Waals surface area contributed by atoms with E-state index >= 15 is 0 Å². The maximum atomic E-state index is 13.2. The van der Waals surface area contributed by atoms with E-state index in [4.69, 9.17) is 4.84 Å². The summed E-state index contributed by atoms with van der Waals surface area (Å²) in [5.41, 5.74) is 2.14. The van der Waals surface area contributed by atoms with Gasteiger partial charge in [-0.15, -0.1) is 11.3 Å². The highest BCUT2D eigenvalue weighted by Crippen LogP contribution is 2.35. The van der Waals surface area contributed by atoms with Crippen molar-refractivity contribution in [3.63, 3.8) is 0 Å². The predicted octanol–water partition coefficient (Wildman–Crippen LogP) is 3.81. The second-order valence-electron chi connectivity index (χ2n) is 7.31. The van der Waals surface area contributed by atoms with E-state index in [1.807, 2.05) is 29.6 Å². The molecule has 5 rings (SSSR count). The van der Waals surface area contributed by atoms with Gasteiger partial charge in [0, 0.05) is 25.4 Å². The van der Waals surface area contributed by atoms with Gasteiger partial charge < -0.3 is 4.90 Å². The number of benzene rings is 1. The molecule has 0 saturated carbocycles. The Morgan fingerprint density at radius 3 is 2.71 bits per heavy atom. The first-order valence-electron chi connectivity index (χ1n) is 9.75. The lowest BCUT2D eigenvalue weighted by Gasteiger charge is -2.34. The summed E-state index contributed by atoms with van der Waals surface area (Å²) in [4.78, 5) is 30.0. The molecule has 7 heteroatoms. The summed E-state index contributed by atoms with van der Waals surface area (Å²) >= 11 is 1.67. The SMILES string of the molecule is O=C(C1CCN(c2ncnc3ccsc23)CC1)N1OCC[C@H]1c1ccccc1. The number of carbonyl (C=O) groups is 1. The number of amides is 1. The number of hydrogen-bond donors (Lipinski definition) is 0. The molecular formula is C21H22N4O2S. The molecule has 0 spiro atoms. The van der Waals surface area contributed by atoms with Crippen molar-refractivity contribution in [3.8, 4) is 0 Å². The van der Waals surface area contributed by atoms with E-state index in [0.717, 1.165) is 53.9 Å². The van der Waals surface area contributed by atoms with Crippen molar-refractivity contribution in [2.24, 2.45) is 5.92 Å². The molecule has 3 aromatic rings. The number of nitrogens with zero attached hydrogens (tertiary/aromatic N) is 4. The first kappa shape index (κ1) is 17.6. The van der Waals surface area contributed by atoms with Crippen LogP contribution >= 0.6 is 11.3 Å². The Kier molecular flexibility index (Phi) is 4.70. The van der Waals surface area contributed by atoms with Gasteiger partial charge in [-0.05, 0) is 29.9 Å². The van der Waals surface area contributed by atoms with Crippen molar-refractivity contribution in [1.82, 2.24) is 15.0 Å². The average Bonchev–Trinajstić information content (AvgIpc) is 3.43. The smallest absolute Gasteiger partial charge is 0.249 e. The normalized spacial score (nSPS) is 20.8. The largest absolute Gasteiger partial charge is 0.355 e. The molecule has 1 atom stereocenters. The Labute approximate surface area is 167 Å². The molecule has 0 unspecified atom stereocenters. The van der Waals surface area contributed by atoms with Gasteiger partial charge in [0.15, 0.2) is 0 Å². The van der Waals surface area contributed by atoms with Gasteiger partial charge in [-0.2, -0.15) is 0 Å². The van der Waals surface area contributed by atoms with Crippen LogP contribution in [0, 0.1) is 5.92 Å². The van der Waals surface area contributed by atoms with E-state index in [1.165, 1.54) is 0 Å². The average molecular weight is 395 g/mol. The van der Waals surface area contributed by atoms with E-state index in [9.17, 15) is 4.79 Å². The number of hydrogen-bond acceptors (Lipinski definition) is 6. The fraction of sp³-hybridized carbons (Fsp3) is 0.381. The first-order chi connectivity index (χ1) is 13.8. The molecule has 1 aromatic carbocycles. The monoisotopic (exact) mass is 394 g/mol. The Bertz CT molecular complexity index is 969. The van der Waals surface area contributed by atoms with Crippen molar-refractivity contribution in [2.45, 2.75) is 25.3 Å². The van der Waals surface area contributed by atoms with Crippen molar-refractivity contribution in [1.29, 1.82) is 0 Å². The highest BCUT2D eigenvalue weighted by Gasteiger charge is 2.37. The second kappa shape index (κ2) is 7.48. The minimum atomic E-state index is 0.00114. The highest BCUT2D eigenvalue weighted by molar-refractivity contribution is 7.17. The van der Waals surface area contributed by atoms with Crippen LogP contribution in [0.1, 0.15) is 30.9 Å². The Morgan fingerprint density at radius 1 is 1.07 bits per heavy atom. The Balaban J connectivity index is 1.28. The molecule has 0 aliphatic carbocycles. The van der Waals surface area contributed by atoms with Crippen LogP contribution in [-0.4, -0.2) is 40.6 Å². The molecule has 2 aromatic heterocycles. The third-order valence-corrected chi connectivity index (χ3v) is 6.57. The number of hydroxylamine groups is 2.